The Kier molecular flexibility index (Phi) is 5.74. The lowest BCUT2D eigenvalue weighted by Crippen LogP contribution is -2.41. The molecule has 4 nitrogen and oxygen atoms in total. The van der Waals surface area contributed by atoms with E-state index in [-0.39, 0.29) is 10.8 Å². The molecule has 0 spiro atoms. The number of nitrogens with zero attached hydrogens (tertiary/aromatic N) is 2. The van der Waals surface area contributed by atoms with Crippen molar-refractivity contribution in [1.29, 1.82) is 0 Å². The van der Waals surface area contributed by atoms with E-state index in [4.69, 9.17) is 9.47 Å². The van der Waals surface area contributed by atoms with E-state index in [1.54, 1.807) is 7.11 Å². The Morgan fingerprint density at radius 1 is 0.806 bits per heavy atom. The quantitative estimate of drug-likeness (QED) is 0.463. The number of ether oxygens (including phenoxy) is 2. The first-order valence-electron chi connectivity index (χ1n) is 11.0. The fraction of sp³-hybridized carbons (Fsp3) is 0.407. The fourth-order valence-electron chi connectivity index (χ4n) is 5.49. The first kappa shape index (κ1) is 21.4. The van der Waals surface area contributed by atoms with Crippen LogP contribution in [0.4, 0.5) is 0 Å². The molecule has 0 N–H and O–H groups in total. The number of rotatable bonds is 5. The van der Waals surface area contributed by atoms with Gasteiger partial charge in [-0.3, -0.25) is 0 Å². The molecule has 162 valence electrons. The van der Waals surface area contributed by atoms with Crippen molar-refractivity contribution in [2.24, 2.45) is 11.3 Å². The number of aryl methyl sites for hydroxylation is 1. The van der Waals surface area contributed by atoms with Gasteiger partial charge in [-0.25, -0.2) is 0 Å². The summed E-state index contributed by atoms with van der Waals surface area (Å²) in [5.74, 6) is 2.82. The molecule has 0 saturated heterocycles. The molecule has 0 bridgehead atoms. The monoisotopic (exact) mass is 416 g/mol. The lowest BCUT2D eigenvalue weighted by molar-refractivity contribution is 0.127. The van der Waals surface area contributed by atoms with Crippen molar-refractivity contribution in [3.63, 3.8) is 0 Å². The maximum Gasteiger partial charge on any atom is 0.238 e. The largest absolute Gasteiger partial charge is 0.497 e. The number of benzene rings is 2. The summed E-state index contributed by atoms with van der Waals surface area (Å²) in [5, 5.41) is 8.18. The van der Waals surface area contributed by atoms with Crippen molar-refractivity contribution in [1.82, 2.24) is 10.2 Å². The summed E-state index contributed by atoms with van der Waals surface area (Å²) >= 11 is 0. The van der Waals surface area contributed by atoms with Gasteiger partial charge in [-0.15, -0.1) is 5.10 Å². The maximum atomic E-state index is 5.92. The highest BCUT2D eigenvalue weighted by Gasteiger charge is 2.45. The first-order valence-corrected chi connectivity index (χ1v) is 11.0. The van der Waals surface area contributed by atoms with Crippen LogP contribution in [0.25, 0.3) is 0 Å². The van der Waals surface area contributed by atoms with Gasteiger partial charge in [0.15, 0.2) is 0 Å². The Hall–Kier alpha value is -2.88. The van der Waals surface area contributed by atoms with E-state index in [1.165, 1.54) is 17.5 Å². The average molecular weight is 417 g/mol. The highest BCUT2D eigenvalue weighted by atomic mass is 16.5. The minimum Gasteiger partial charge on any atom is -0.497 e. The number of methoxy groups -OCH3 is 1. The van der Waals surface area contributed by atoms with Crippen LogP contribution in [0.2, 0.25) is 0 Å². The van der Waals surface area contributed by atoms with E-state index in [0.717, 1.165) is 30.0 Å². The summed E-state index contributed by atoms with van der Waals surface area (Å²) in [4.78, 5) is 0. The average Bonchev–Trinajstić information content (AvgIpc) is 2.74. The van der Waals surface area contributed by atoms with Gasteiger partial charge in [-0.05, 0) is 79.0 Å². The van der Waals surface area contributed by atoms with E-state index < -0.39 is 0 Å². The van der Waals surface area contributed by atoms with Gasteiger partial charge in [0.2, 0.25) is 5.88 Å². The zero-order valence-electron chi connectivity index (χ0n) is 19.2. The summed E-state index contributed by atoms with van der Waals surface area (Å²) < 4.78 is 11.3. The number of aromatic nitrogens is 2. The first-order chi connectivity index (χ1) is 14.8. The van der Waals surface area contributed by atoms with Crippen molar-refractivity contribution in [2.75, 3.05) is 7.11 Å². The standard InChI is InChI=1S/C27H32N2O2/c1-19-16-26(3,4)18-27(17-19,21-7-11-23(30-5)12-8-21)22-9-13-24(14-10-22)31-25-15-6-20(2)28-29-25/h6-15,19H,16-18H2,1-5H3. The molecule has 0 amide bonds. The summed E-state index contributed by atoms with van der Waals surface area (Å²) in [5.41, 5.74) is 3.80. The molecule has 1 aliphatic carbocycles. The van der Waals surface area contributed by atoms with Gasteiger partial charge in [0, 0.05) is 11.5 Å². The molecule has 4 heteroatoms. The summed E-state index contributed by atoms with van der Waals surface area (Å²) in [7, 11) is 1.72. The van der Waals surface area contributed by atoms with Crippen LogP contribution in [0, 0.1) is 18.3 Å². The Balaban J connectivity index is 1.70. The molecule has 1 heterocycles. The predicted molar refractivity (Wildman–Crippen MR) is 124 cm³/mol. The maximum absolute atomic E-state index is 5.92. The van der Waals surface area contributed by atoms with E-state index >= 15 is 0 Å². The summed E-state index contributed by atoms with van der Waals surface area (Å²) in [6, 6.07) is 20.9. The third-order valence-corrected chi connectivity index (χ3v) is 6.42. The molecule has 1 aliphatic rings. The van der Waals surface area contributed by atoms with Gasteiger partial charge in [0.1, 0.15) is 11.5 Å². The van der Waals surface area contributed by atoms with Crippen LogP contribution in [0.3, 0.4) is 0 Å². The summed E-state index contributed by atoms with van der Waals surface area (Å²) in [6.07, 6.45) is 3.49. The third kappa shape index (κ3) is 4.58. The minimum absolute atomic E-state index is 0.0321. The molecule has 1 aromatic heterocycles. The molecule has 2 atom stereocenters. The molecule has 0 radical (unpaired) electrons. The van der Waals surface area contributed by atoms with Gasteiger partial charge in [0.25, 0.3) is 0 Å². The van der Waals surface area contributed by atoms with Crippen molar-refractivity contribution >= 4 is 0 Å². The molecule has 3 aromatic rings. The Labute approximate surface area is 185 Å². The SMILES string of the molecule is COc1ccc(C2(c3ccc(Oc4ccc(C)nn4)cc3)CC(C)CC(C)(C)C2)cc1. The van der Waals surface area contributed by atoms with Gasteiger partial charge in [-0.1, -0.05) is 45.0 Å². The molecule has 2 aromatic carbocycles. The molecule has 1 saturated carbocycles. The second kappa shape index (κ2) is 8.33. The molecular weight excluding hydrogens is 384 g/mol. The van der Waals surface area contributed by atoms with Crippen LogP contribution < -0.4 is 9.47 Å². The van der Waals surface area contributed by atoms with E-state index in [0.29, 0.717) is 11.8 Å². The molecule has 4 rings (SSSR count). The van der Waals surface area contributed by atoms with Gasteiger partial charge in [-0.2, -0.15) is 5.10 Å². The van der Waals surface area contributed by atoms with Crippen LogP contribution in [0.15, 0.2) is 60.7 Å². The van der Waals surface area contributed by atoms with E-state index in [2.05, 4.69) is 79.5 Å². The van der Waals surface area contributed by atoms with Crippen molar-refractivity contribution in [3.8, 4) is 17.4 Å². The molecule has 0 aliphatic heterocycles. The van der Waals surface area contributed by atoms with Crippen molar-refractivity contribution in [2.45, 2.75) is 52.4 Å². The van der Waals surface area contributed by atoms with Crippen molar-refractivity contribution in [3.05, 3.63) is 77.5 Å². The van der Waals surface area contributed by atoms with Crippen LogP contribution in [-0.2, 0) is 5.41 Å². The van der Waals surface area contributed by atoms with Crippen LogP contribution >= 0.6 is 0 Å². The van der Waals surface area contributed by atoms with Gasteiger partial charge in [0.05, 0.1) is 12.8 Å². The highest BCUT2D eigenvalue weighted by molar-refractivity contribution is 5.44. The van der Waals surface area contributed by atoms with Crippen molar-refractivity contribution < 1.29 is 9.47 Å². The molecule has 31 heavy (non-hydrogen) atoms. The topological polar surface area (TPSA) is 44.2 Å². The minimum atomic E-state index is -0.0321. The molecular formula is C27H32N2O2. The Morgan fingerprint density at radius 3 is 1.94 bits per heavy atom. The zero-order valence-corrected chi connectivity index (χ0v) is 19.2. The second-order valence-electron chi connectivity index (χ2n) is 9.80. The van der Waals surface area contributed by atoms with Crippen LogP contribution in [0.5, 0.6) is 17.4 Å². The zero-order chi connectivity index (χ0) is 22.1. The molecule has 1 fully saturated rings. The molecule has 2 unspecified atom stereocenters. The van der Waals surface area contributed by atoms with E-state index in [9.17, 15) is 0 Å². The third-order valence-electron chi connectivity index (χ3n) is 6.42. The number of hydrogen-bond acceptors (Lipinski definition) is 4. The van der Waals surface area contributed by atoms with Gasteiger partial charge < -0.3 is 9.47 Å². The second-order valence-corrected chi connectivity index (χ2v) is 9.80. The fourth-order valence-corrected chi connectivity index (χ4v) is 5.49. The van der Waals surface area contributed by atoms with Crippen LogP contribution in [0.1, 0.15) is 56.9 Å². The highest BCUT2D eigenvalue weighted by Crippen LogP contribution is 2.53. The summed E-state index contributed by atoms with van der Waals surface area (Å²) in [6.45, 7) is 9.09. The predicted octanol–water partition coefficient (Wildman–Crippen LogP) is 6.72. The normalized spacial score (nSPS) is 22.7. The lowest BCUT2D eigenvalue weighted by atomic mass is 9.55. The smallest absolute Gasteiger partial charge is 0.238 e. The Bertz CT molecular complexity index is 1010. The Morgan fingerprint density at radius 2 is 1.42 bits per heavy atom. The van der Waals surface area contributed by atoms with Crippen LogP contribution in [-0.4, -0.2) is 17.3 Å². The lowest BCUT2D eigenvalue weighted by Gasteiger charge is -2.48. The van der Waals surface area contributed by atoms with E-state index in [1.807, 2.05) is 19.1 Å². The van der Waals surface area contributed by atoms with Gasteiger partial charge >= 0.3 is 0 Å². The number of hydrogen-bond donors (Lipinski definition) is 0.